The summed E-state index contributed by atoms with van der Waals surface area (Å²) in [5, 5.41) is 5.99. The number of hydrogen-bond donors (Lipinski definition) is 1. The van der Waals surface area contributed by atoms with Gasteiger partial charge in [0.2, 0.25) is 5.91 Å². The molecule has 1 aromatic carbocycles. The number of amides is 1. The molecule has 0 radical (unpaired) electrons. The Morgan fingerprint density at radius 3 is 2.78 bits per heavy atom. The topological polar surface area (TPSA) is 93.2 Å². The van der Waals surface area contributed by atoms with Gasteiger partial charge in [0.15, 0.2) is 5.65 Å². The van der Waals surface area contributed by atoms with E-state index in [0.29, 0.717) is 34.5 Å². The monoisotopic (exact) mass is 543 g/mol. The minimum absolute atomic E-state index is 0.123. The van der Waals surface area contributed by atoms with Crippen LogP contribution in [0.1, 0.15) is 63.3 Å². The van der Waals surface area contributed by atoms with Crippen molar-refractivity contribution in [2.24, 2.45) is 11.7 Å². The Bertz CT molecular complexity index is 1300. The zero-order valence-corrected chi connectivity index (χ0v) is 23.2. The first kappa shape index (κ1) is 26.2. The molecule has 4 atom stereocenters. The van der Waals surface area contributed by atoms with Crippen LogP contribution in [-0.4, -0.2) is 62.3 Å². The molecule has 1 amide bonds. The van der Waals surface area contributed by atoms with Crippen LogP contribution in [0.25, 0.3) is 11.2 Å². The van der Waals surface area contributed by atoms with Crippen molar-refractivity contribution < 1.29 is 4.79 Å². The van der Waals surface area contributed by atoms with E-state index in [9.17, 15) is 4.79 Å². The number of aromatic nitrogens is 4. The van der Waals surface area contributed by atoms with Gasteiger partial charge in [0.05, 0.1) is 17.9 Å². The van der Waals surface area contributed by atoms with Gasteiger partial charge < -0.3 is 10.6 Å². The molecule has 3 unspecified atom stereocenters. The number of carbonyl (C=O) groups excluding carboxylic acids is 1. The molecule has 10 heteroatoms. The highest BCUT2D eigenvalue weighted by molar-refractivity contribution is 6.35. The lowest BCUT2D eigenvalue weighted by atomic mass is 9.91. The fraction of sp³-hybridized carbons (Fsp3) is 0.556. The molecular weight excluding hydrogens is 509 g/mol. The number of halogens is 2. The van der Waals surface area contributed by atoms with Gasteiger partial charge in [-0.2, -0.15) is 5.10 Å². The molecule has 0 saturated carbocycles. The lowest BCUT2D eigenvalue weighted by Gasteiger charge is -2.43. The van der Waals surface area contributed by atoms with Gasteiger partial charge in [-0.15, -0.1) is 0 Å². The molecule has 0 spiro atoms. The van der Waals surface area contributed by atoms with Gasteiger partial charge in [-0.1, -0.05) is 36.2 Å². The highest BCUT2D eigenvalue weighted by atomic mass is 35.5. The number of likely N-dealkylation sites (tertiary alicyclic amines) is 1. The van der Waals surface area contributed by atoms with Crippen molar-refractivity contribution in [3.05, 3.63) is 45.7 Å². The van der Waals surface area contributed by atoms with Gasteiger partial charge >= 0.3 is 0 Å². The van der Waals surface area contributed by atoms with Crippen LogP contribution in [0.2, 0.25) is 10.0 Å². The average Bonchev–Trinajstić information content (AvgIpc) is 3.46. The summed E-state index contributed by atoms with van der Waals surface area (Å²) in [6.45, 7) is 9.28. The van der Waals surface area contributed by atoms with Crippen LogP contribution in [-0.2, 0) is 4.79 Å². The summed E-state index contributed by atoms with van der Waals surface area (Å²) in [5.74, 6) is 1.14. The molecular formula is C27H35Cl2N7O. The third-order valence-corrected chi connectivity index (χ3v) is 8.66. The van der Waals surface area contributed by atoms with E-state index in [1.807, 2.05) is 29.9 Å². The number of primary amides is 1. The number of fused-ring (bicyclic) bond motifs is 1. The molecule has 8 nitrogen and oxygen atoms in total. The zero-order chi connectivity index (χ0) is 26.3. The quantitative estimate of drug-likeness (QED) is 0.450. The standard InChI is InChI=1S/C27H35Cl2N7O/c1-16-15-34(12-10-23(16)35-11-4-5-20(35)7-9-24(30)37)25-14-31-26-17(2)33-36(27(26)32-25)18(3)21-8-6-19(28)13-22(21)29/h6,8,13-14,16,18,20,23H,4-5,7,9-12,15H2,1-3H3,(H2,30,37)/t16-,18?,20?,23?/m1/s1. The number of hydrogen-bond acceptors (Lipinski definition) is 6. The van der Waals surface area contributed by atoms with Crippen LogP contribution >= 0.6 is 23.2 Å². The number of anilines is 1. The first-order valence-corrected chi connectivity index (χ1v) is 13.9. The molecule has 2 aliphatic rings. The first-order chi connectivity index (χ1) is 17.7. The highest BCUT2D eigenvalue weighted by Crippen LogP contribution is 2.34. The van der Waals surface area contributed by atoms with Gasteiger partial charge in [-0.3, -0.25) is 9.69 Å². The van der Waals surface area contributed by atoms with Gasteiger partial charge in [0, 0.05) is 41.6 Å². The Hall–Kier alpha value is -2.42. The maximum atomic E-state index is 11.3. The van der Waals surface area contributed by atoms with Gasteiger partial charge in [0.25, 0.3) is 0 Å². The Kier molecular flexibility index (Phi) is 7.61. The van der Waals surface area contributed by atoms with E-state index < -0.39 is 0 Å². The van der Waals surface area contributed by atoms with Gasteiger partial charge in [-0.05, 0) is 69.7 Å². The van der Waals surface area contributed by atoms with Crippen molar-refractivity contribution in [2.45, 2.75) is 71.0 Å². The van der Waals surface area contributed by atoms with Crippen molar-refractivity contribution in [1.82, 2.24) is 24.6 Å². The Balaban J connectivity index is 1.36. The van der Waals surface area contributed by atoms with Crippen LogP contribution < -0.4 is 10.6 Å². The number of benzene rings is 1. The second-order valence-corrected chi connectivity index (χ2v) is 11.4. The van der Waals surface area contributed by atoms with Crippen molar-refractivity contribution in [2.75, 3.05) is 24.5 Å². The highest BCUT2D eigenvalue weighted by Gasteiger charge is 2.37. The molecule has 2 fully saturated rings. The molecule has 0 bridgehead atoms. The summed E-state index contributed by atoms with van der Waals surface area (Å²) in [7, 11) is 0. The summed E-state index contributed by atoms with van der Waals surface area (Å²) >= 11 is 12.6. The summed E-state index contributed by atoms with van der Waals surface area (Å²) in [4.78, 5) is 26.1. The Morgan fingerprint density at radius 2 is 2.05 bits per heavy atom. The molecule has 2 aliphatic heterocycles. The van der Waals surface area contributed by atoms with Crippen LogP contribution in [0.3, 0.4) is 0 Å². The van der Waals surface area contributed by atoms with E-state index in [-0.39, 0.29) is 11.9 Å². The van der Waals surface area contributed by atoms with Crippen LogP contribution in [0.15, 0.2) is 24.4 Å². The number of aryl methyl sites for hydroxylation is 1. The predicted octanol–water partition coefficient (Wildman–Crippen LogP) is 5.00. The molecule has 0 aliphatic carbocycles. The van der Waals surface area contributed by atoms with Crippen LogP contribution in [0.5, 0.6) is 0 Å². The number of nitrogens with zero attached hydrogens (tertiary/aromatic N) is 6. The molecule has 2 aromatic heterocycles. The second kappa shape index (κ2) is 10.8. The average molecular weight is 545 g/mol. The lowest BCUT2D eigenvalue weighted by Crippen LogP contribution is -2.52. The maximum absolute atomic E-state index is 11.3. The smallest absolute Gasteiger partial charge is 0.217 e. The Labute approximate surface area is 228 Å². The molecule has 37 heavy (non-hydrogen) atoms. The minimum atomic E-state index is -0.203. The zero-order valence-electron chi connectivity index (χ0n) is 21.7. The largest absolute Gasteiger partial charge is 0.370 e. The Morgan fingerprint density at radius 1 is 1.24 bits per heavy atom. The summed E-state index contributed by atoms with van der Waals surface area (Å²) < 4.78 is 1.92. The normalized spacial score (nSPS) is 23.6. The van der Waals surface area contributed by atoms with Crippen LogP contribution in [0.4, 0.5) is 5.82 Å². The van der Waals surface area contributed by atoms with E-state index in [4.69, 9.17) is 44.0 Å². The SMILES string of the molecule is Cc1nn(C(C)c2ccc(Cl)cc2Cl)c2nc(N3CCC(N4CCCC4CCC(N)=O)[C@H](C)C3)cnc12. The fourth-order valence-electron chi connectivity index (χ4n) is 6.18. The van der Waals surface area contributed by atoms with Gasteiger partial charge in [0.1, 0.15) is 11.3 Å². The summed E-state index contributed by atoms with van der Waals surface area (Å²) in [5.41, 5.74) is 8.77. The van der Waals surface area contributed by atoms with E-state index in [1.165, 1.54) is 6.42 Å². The van der Waals surface area contributed by atoms with Crippen molar-refractivity contribution in [3.63, 3.8) is 0 Å². The van der Waals surface area contributed by atoms with Crippen molar-refractivity contribution >= 4 is 46.1 Å². The number of carbonyl (C=O) groups is 1. The second-order valence-electron chi connectivity index (χ2n) is 10.6. The lowest BCUT2D eigenvalue weighted by molar-refractivity contribution is -0.118. The number of nitrogens with two attached hydrogens (primary N) is 1. The van der Waals surface area contributed by atoms with Crippen molar-refractivity contribution in [1.29, 1.82) is 0 Å². The molecule has 4 heterocycles. The maximum Gasteiger partial charge on any atom is 0.217 e. The van der Waals surface area contributed by atoms with E-state index in [1.54, 1.807) is 6.07 Å². The van der Waals surface area contributed by atoms with E-state index in [2.05, 4.69) is 23.6 Å². The molecule has 2 N–H and O–H groups in total. The molecule has 3 aromatic rings. The molecule has 198 valence electrons. The predicted molar refractivity (Wildman–Crippen MR) is 148 cm³/mol. The fourth-order valence-corrected chi connectivity index (χ4v) is 6.75. The molecule has 2 saturated heterocycles. The summed E-state index contributed by atoms with van der Waals surface area (Å²) in [6.07, 6.45) is 6.61. The van der Waals surface area contributed by atoms with Crippen LogP contribution in [0, 0.1) is 12.8 Å². The van der Waals surface area contributed by atoms with Crippen molar-refractivity contribution in [3.8, 4) is 0 Å². The number of piperidine rings is 1. The molecule has 5 rings (SSSR count). The van der Waals surface area contributed by atoms with E-state index >= 15 is 0 Å². The van der Waals surface area contributed by atoms with E-state index in [0.717, 1.165) is 67.1 Å². The number of rotatable bonds is 7. The first-order valence-electron chi connectivity index (χ1n) is 13.2. The third-order valence-electron chi connectivity index (χ3n) is 8.09. The van der Waals surface area contributed by atoms with Gasteiger partial charge in [-0.25, -0.2) is 14.6 Å². The minimum Gasteiger partial charge on any atom is -0.370 e. The summed E-state index contributed by atoms with van der Waals surface area (Å²) in [6, 6.07) is 6.39. The third kappa shape index (κ3) is 5.29.